The summed E-state index contributed by atoms with van der Waals surface area (Å²) in [4.78, 5) is 16.0. The molecule has 5 nitrogen and oxygen atoms in total. The van der Waals surface area contributed by atoms with Crippen molar-refractivity contribution in [2.24, 2.45) is 0 Å². The molecule has 0 aromatic carbocycles. The fraction of sp³-hybridized carbons (Fsp3) is 0.667. The van der Waals surface area contributed by atoms with E-state index in [1.54, 1.807) is 4.57 Å². The van der Waals surface area contributed by atoms with Gasteiger partial charge in [0.05, 0.1) is 5.69 Å². The Balaban J connectivity index is 2.60. The smallest absolute Gasteiger partial charge is 0.195 e. The van der Waals surface area contributed by atoms with Crippen LogP contribution in [0.25, 0.3) is 6.08 Å². The fourth-order valence-electron chi connectivity index (χ4n) is 1.89. The van der Waals surface area contributed by atoms with Gasteiger partial charge in [0.25, 0.3) is 0 Å². The van der Waals surface area contributed by atoms with Crippen LogP contribution in [0, 0.1) is 0 Å². The number of nitrogens with zero attached hydrogens (tertiary/aromatic N) is 2. The van der Waals surface area contributed by atoms with Crippen LogP contribution < -0.4 is 0 Å². The molecular weight excluding hydrogens is 320 g/mol. The van der Waals surface area contributed by atoms with Gasteiger partial charge in [0.2, 0.25) is 0 Å². The Morgan fingerprint density at radius 1 is 1.38 bits per heavy atom. The maximum atomic E-state index is 11.6. The quantitative estimate of drug-likeness (QED) is 0.373. The average molecular weight is 353 g/mol. The molecule has 0 fully saturated rings. The number of carbonyl (C=O) groups is 1. The van der Waals surface area contributed by atoms with E-state index in [1.807, 2.05) is 25.3 Å². The van der Waals surface area contributed by atoms with Crippen LogP contribution in [-0.2, 0) is 15.9 Å². The molecule has 0 saturated carbocycles. The first kappa shape index (κ1) is 20.8. The second-order valence-electron chi connectivity index (χ2n) is 7.44. The van der Waals surface area contributed by atoms with Crippen LogP contribution in [0.4, 0.5) is 0 Å². The van der Waals surface area contributed by atoms with Gasteiger partial charge in [0.15, 0.2) is 19.9 Å². The summed E-state index contributed by atoms with van der Waals surface area (Å²) >= 11 is 0. The first-order valence-electron chi connectivity index (χ1n) is 8.55. The van der Waals surface area contributed by atoms with Crippen LogP contribution in [0.3, 0.4) is 0 Å². The molecule has 1 aromatic rings. The van der Waals surface area contributed by atoms with Crippen molar-refractivity contribution in [3.8, 4) is 0 Å². The maximum absolute atomic E-state index is 11.6. The Kier molecular flexibility index (Phi) is 7.57. The van der Waals surface area contributed by atoms with Gasteiger partial charge >= 0.3 is 0 Å². The largest absolute Gasteiger partial charge is 0.417 e. The lowest BCUT2D eigenvalue weighted by atomic mass is 10.2. The third-order valence-corrected chi connectivity index (χ3v) is 8.92. The molecular formula is C18H32N2O3Si. The zero-order chi connectivity index (χ0) is 18.4. The minimum absolute atomic E-state index is 0.0596. The van der Waals surface area contributed by atoms with Crippen LogP contribution >= 0.6 is 0 Å². The van der Waals surface area contributed by atoms with Gasteiger partial charge in [0.1, 0.15) is 6.73 Å². The fourth-order valence-corrected chi connectivity index (χ4v) is 2.95. The molecule has 1 heterocycles. The van der Waals surface area contributed by atoms with Crippen LogP contribution in [-0.4, -0.2) is 36.9 Å². The zero-order valence-electron chi connectivity index (χ0n) is 16.2. The van der Waals surface area contributed by atoms with E-state index in [0.717, 1.165) is 12.1 Å². The summed E-state index contributed by atoms with van der Waals surface area (Å²) in [7, 11) is -1.68. The summed E-state index contributed by atoms with van der Waals surface area (Å²) in [6, 6.07) is 0. The molecule has 0 aliphatic carbocycles. The Labute approximate surface area is 147 Å². The Morgan fingerprint density at radius 3 is 2.58 bits per heavy atom. The molecule has 24 heavy (non-hydrogen) atoms. The van der Waals surface area contributed by atoms with E-state index in [4.69, 9.17) is 9.16 Å². The number of aromatic nitrogens is 2. The molecule has 0 N–H and O–H groups in total. The van der Waals surface area contributed by atoms with Gasteiger partial charge in [-0.1, -0.05) is 26.8 Å². The van der Waals surface area contributed by atoms with Gasteiger partial charge in [-0.15, -0.1) is 0 Å². The summed E-state index contributed by atoms with van der Waals surface area (Å²) in [5.41, 5.74) is 0.771. The molecule has 0 unspecified atom stereocenters. The Hall–Kier alpha value is -1.24. The molecule has 0 saturated heterocycles. The molecule has 1 rings (SSSR count). The lowest BCUT2D eigenvalue weighted by Crippen LogP contribution is -2.40. The normalized spacial score (nSPS) is 13.0. The molecule has 0 aliphatic rings. The van der Waals surface area contributed by atoms with Crippen molar-refractivity contribution in [1.82, 2.24) is 9.55 Å². The van der Waals surface area contributed by atoms with Crippen molar-refractivity contribution in [3.05, 3.63) is 23.8 Å². The Bertz CT molecular complexity index is 571. The number of ketones is 1. The number of hydrogen-bond acceptors (Lipinski definition) is 4. The van der Waals surface area contributed by atoms with E-state index in [9.17, 15) is 4.79 Å². The zero-order valence-corrected chi connectivity index (χ0v) is 17.2. The van der Waals surface area contributed by atoms with Crippen molar-refractivity contribution in [2.45, 2.75) is 65.9 Å². The predicted octanol–water partition coefficient (Wildman–Crippen LogP) is 4.50. The van der Waals surface area contributed by atoms with Crippen molar-refractivity contribution < 1.29 is 14.0 Å². The molecule has 136 valence electrons. The summed E-state index contributed by atoms with van der Waals surface area (Å²) in [6.07, 6.45) is 6.66. The minimum atomic E-state index is -1.68. The van der Waals surface area contributed by atoms with E-state index in [2.05, 4.69) is 38.8 Å². The van der Waals surface area contributed by atoms with Crippen LogP contribution in [0.1, 0.15) is 57.4 Å². The highest BCUT2D eigenvalue weighted by Gasteiger charge is 2.36. The average Bonchev–Trinajstić information content (AvgIpc) is 2.86. The second kappa shape index (κ2) is 8.74. The van der Waals surface area contributed by atoms with E-state index < -0.39 is 8.32 Å². The van der Waals surface area contributed by atoms with Crippen molar-refractivity contribution in [3.63, 3.8) is 0 Å². The van der Waals surface area contributed by atoms with Gasteiger partial charge in [0, 0.05) is 26.3 Å². The third-order valence-electron chi connectivity index (χ3n) is 4.39. The van der Waals surface area contributed by atoms with Crippen molar-refractivity contribution in [2.75, 3.05) is 13.2 Å². The highest BCUT2D eigenvalue weighted by molar-refractivity contribution is 6.74. The minimum Gasteiger partial charge on any atom is -0.417 e. The topological polar surface area (TPSA) is 53.4 Å². The number of imidazole rings is 1. The first-order valence-corrected chi connectivity index (χ1v) is 11.5. The molecule has 0 bridgehead atoms. The molecule has 0 radical (unpaired) electrons. The second-order valence-corrected chi connectivity index (χ2v) is 12.2. The van der Waals surface area contributed by atoms with Gasteiger partial charge in [-0.2, -0.15) is 0 Å². The van der Waals surface area contributed by atoms with Crippen LogP contribution in [0.5, 0.6) is 0 Å². The third kappa shape index (κ3) is 6.00. The highest BCUT2D eigenvalue weighted by atomic mass is 28.4. The number of Topliss-reactive ketones (excluding diaryl/α,β-unsaturated/α-hetero) is 1. The van der Waals surface area contributed by atoms with Crippen LogP contribution in [0.2, 0.25) is 18.1 Å². The van der Waals surface area contributed by atoms with E-state index >= 15 is 0 Å². The van der Waals surface area contributed by atoms with E-state index in [1.165, 1.54) is 6.92 Å². The standard InChI is InChI=1S/C18H32N2O3Si/c1-8-22-14-20-13-16(19-17(20)15(2)21)11-9-10-12-23-24(6,7)18(3,4)5/h9,11,13H,8,10,12,14H2,1-7H3/b11-9+. The molecule has 0 spiro atoms. The summed E-state index contributed by atoms with van der Waals surface area (Å²) < 4.78 is 13.3. The molecule has 6 heteroatoms. The molecule has 0 amide bonds. The van der Waals surface area contributed by atoms with Crippen molar-refractivity contribution in [1.29, 1.82) is 0 Å². The SMILES string of the molecule is CCOCn1cc(/C=C/CCO[Si](C)(C)C(C)(C)C)nc1C(C)=O. The van der Waals surface area contributed by atoms with E-state index in [0.29, 0.717) is 25.8 Å². The number of carbonyl (C=O) groups excluding carboxylic acids is 1. The summed E-state index contributed by atoms with van der Waals surface area (Å²) in [5, 5.41) is 0.227. The summed E-state index contributed by atoms with van der Waals surface area (Å²) in [6.45, 7) is 16.3. The van der Waals surface area contributed by atoms with Gasteiger partial charge in [-0.25, -0.2) is 4.98 Å². The number of hydrogen-bond donors (Lipinski definition) is 0. The number of rotatable bonds is 9. The highest BCUT2D eigenvalue weighted by Crippen LogP contribution is 2.36. The van der Waals surface area contributed by atoms with E-state index in [-0.39, 0.29) is 10.8 Å². The molecule has 1 aromatic heterocycles. The van der Waals surface area contributed by atoms with Gasteiger partial charge in [-0.3, -0.25) is 4.79 Å². The summed E-state index contributed by atoms with van der Waals surface area (Å²) in [5.74, 6) is 0.372. The monoisotopic (exact) mass is 352 g/mol. The lowest BCUT2D eigenvalue weighted by molar-refractivity contribution is 0.0810. The van der Waals surface area contributed by atoms with Crippen LogP contribution in [0.15, 0.2) is 12.3 Å². The lowest BCUT2D eigenvalue weighted by Gasteiger charge is -2.36. The Morgan fingerprint density at radius 2 is 2.04 bits per heavy atom. The van der Waals surface area contributed by atoms with Gasteiger partial charge < -0.3 is 13.7 Å². The number of ether oxygens (including phenoxy) is 1. The first-order chi connectivity index (χ1) is 11.1. The van der Waals surface area contributed by atoms with Crippen molar-refractivity contribution >= 4 is 20.2 Å². The molecule has 0 aliphatic heterocycles. The predicted molar refractivity (Wildman–Crippen MR) is 101 cm³/mol. The van der Waals surface area contributed by atoms with Gasteiger partial charge in [-0.05, 0) is 37.6 Å². The molecule has 0 atom stereocenters. The maximum Gasteiger partial charge on any atom is 0.195 e.